The van der Waals surface area contributed by atoms with Crippen LogP contribution in [0.15, 0.2) is 24.1 Å². The number of imidazole rings is 1. The first-order valence-corrected chi connectivity index (χ1v) is 6.75. The molecule has 0 spiro atoms. The molecule has 2 aromatic heterocycles. The van der Waals surface area contributed by atoms with Gasteiger partial charge >= 0.3 is 0 Å². The minimum atomic E-state index is 0.0333. The highest BCUT2D eigenvalue weighted by Gasteiger charge is 2.05. The Morgan fingerprint density at radius 1 is 1.56 bits per heavy atom. The van der Waals surface area contributed by atoms with E-state index in [4.69, 9.17) is 0 Å². The average molecular weight is 264 g/mol. The number of hydrogen-bond donors (Lipinski definition) is 1. The zero-order valence-electron chi connectivity index (χ0n) is 10.3. The van der Waals surface area contributed by atoms with E-state index < -0.39 is 0 Å². The molecule has 0 saturated carbocycles. The van der Waals surface area contributed by atoms with Gasteiger partial charge in [0, 0.05) is 30.9 Å². The van der Waals surface area contributed by atoms with Crippen LogP contribution in [0.4, 0.5) is 0 Å². The molecule has 2 aromatic rings. The first-order chi connectivity index (χ1) is 8.74. The van der Waals surface area contributed by atoms with Gasteiger partial charge in [0.05, 0.1) is 23.4 Å². The number of carbonyl (C=O) groups excluding carboxylic acids is 1. The third-order valence-electron chi connectivity index (χ3n) is 2.48. The van der Waals surface area contributed by atoms with Gasteiger partial charge in [-0.25, -0.2) is 9.97 Å². The van der Waals surface area contributed by atoms with E-state index in [1.165, 1.54) is 0 Å². The second-order valence-corrected chi connectivity index (χ2v) is 5.10. The number of nitrogens with zero attached hydrogens (tertiary/aromatic N) is 3. The summed E-state index contributed by atoms with van der Waals surface area (Å²) in [4.78, 5) is 19.8. The van der Waals surface area contributed by atoms with Crippen LogP contribution >= 0.6 is 11.3 Å². The van der Waals surface area contributed by atoms with E-state index in [9.17, 15) is 4.79 Å². The van der Waals surface area contributed by atoms with Crippen molar-refractivity contribution in [2.45, 2.75) is 26.3 Å². The van der Waals surface area contributed by atoms with Crippen LogP contribution in [-0.4, -0.2) is 27.0 Å². The Kier molecular flexibility index (Phi) is 4.46. The fraction of sp³-hybridized carbons (Fsp3) is 0.417. The molecule has 0 aliphatic rings. The van der Waals surface area contributed by atoms with Gasteiger partial charge < -0.3 is 9.88 Å². The Morgan fingerprint density at radius 3 is 3.11 bits per heavy atom. The number of amides is 1. The van der Waals surface area contributed by atoms with Gasteiger partial charge in [0.2, 0.25) is 5.91 Å². The van der Waals surface area contributed by atoms with Crippen molar-refractivity contribution in [2.24, 2.45) is 0 Å². The number of thiazole rings is 1. The highest BCUT2D eigenvalue weighted by atomic mass is 32.1. The molecule has 0 atom stereocenters. The lowest BCUT2D eigenvalue weighted by molar-refractivity contribution is -0.120. The minimum Gasteiger partial charge on any atom is -0.356 e. The molecular weight excluding hydrogens is 248 g/mol. The van der Waals surface area contributed by atoms with Crippen LogP contribution in [-0.2, 0) is 17.8 Å². The summed E-state index contributed by atoms with van der Waals surface area (Å²) in [6.45, 7) is 3.49. The Bertz CT molecular complexity index is 492. The lowest BCUT2D eigenvalue weighted by Crippen LogP contribution is -2.26. The van der Waals surface area contributed by atoms with Gasteiger partial charge in [-0.15, -0.1) is 11.3 Å². The van der Waals surface area contributed by atoms with Crippen LogP contribution in [0.3, 0.4) is 0 Å². The molecule has 5 nitrogen and oxygen atoms in total. The first-order valence-electron chi connectivity index (χ1n) is 5.87. The summed E-state index contributed by atoms with van der Waals surface area (Å²) in [5.74, 6) is 0.0333. The molecule has 1 N–H and O–H groups in total. The zero-order valence-corrected chi connectivity index (χ0v) is 11.1. The third-order valence-corrected chi connectivity index (χ3v) is 3.31. The molecule has 2 heterocycles. The highest BCUT2D eigenvalue weighted by molar-refractivity contribution is 7.09. The van der Waals surface area contributed by atoms with Crippen molar-refractivity contribution in [2.75, 3.05) is 6.54 Å². The van der Waals surface area contributed by atoms with Crippen LogP contribution in [0.5, 0.6) is 0 Å². The topological polar surface area (TPSA) is 59.8 Å². The Hall–Kier alpha value is -1.69. The molecule has 0 aromatic carbocycles. The fourth-order valence-corrected chi connectivity index (χ4v) is 2.24. The molecule has 18 heavy (non-hydrogen) atoms. The summed E-state index contributed by atoms with van der Waals surface area (Å²) in [6.07, 6.45) is 6.72. The monoisotopic (exact) mass is 264 g/mol. The van der Waals surface area contributed by atoms with Crippen LogP contribution in [0.2, 0.25) is 0 Å². The third kappa shape index (κ3) is 3.96. The maximum atomic E-state index is 11.6. The van der Waals surface area contributed by atoms with E-state index >= 15 is 0 Å². The number of aromatic nitrogens is 3. The molecule has 0 bridgehead atoms. The molecule has 6 heteroatoms. The summed E-state index contributed by atoms with van der Waals surface area (Å²) in [6, 6.07) is 0. The maximum absolute atomic E-state index is 11.6. The Labute approximate surface area is 110 Å². The Morgan fingerprint density at radius 2 is 2.44 bits per heavy atom. The quantitative estimate of drug-likeness (QED) is 0.802. The number of hydrogen-bond acceptors (Lipinski definition) is 4. The Balaban J connectivity index is 1.63. The summed E-state index contributed by atoms with van der Waals surface area (Å²) >= 11 is 1.57. The van der Waals surface area contributed by atoms with Gasteiger partial charge in [-0.1, -0.05) is 0 Å². The largest absolute Gasteiger partial charge is 0.356 e. The van der Waals surface area contributed by atoms with Crippen molar-refractivity contribution in [1.29, 1.82) is 0 Å². The summed E-state index contributed by atoms with van der Waals surface area (Å²) < 4.78 is 2.00. The maximum Gasteiger partial charge on any atom is 0.226 e. The number of nitrogens with one attached hydrogen (secondary N) is 1. The molecule has 96 valence electrons. The van der Waals surface area contributed by atoms with Gasteiger partial charge in [0.25, 0.3) is 0 Å². The zero-order chi connectivity index (χ0) is 12.8. The molecule has 0 aliphatic carbocycles. The van der Waals surface area contributed by atoms with Crippen LogP contribution in [0.1, 0.15) is 17.1 Å². The summed E-state index contributed by atoms with van der Waals surface area (Å²) in [5, 5.41) is 5.82. The first kappa shape index (κ1) is 12.8. The standard InChI is InChI=1S/C12H16N4OS/c1-10-15-11(8-18-10)7-12(17)14-3-2-5-16-6-4-13-9-16/h4,6,8-9H,2-3,5,7H2,1H3,(H,14,17). The fourth-order valence-electron chi connectivity index (χ4n) is 1.62. The van der Waals surface area contributed by atoms with Crippen LogP contribution in [0.25, 0.3) is 0 Å². The van der Waals surface area contributed by atoms with E-state index in [-0.39, 0.29) is 5.91 Å². The van der Waals surface area contributed by atoms with Gasteiger partial charge in [-0.2, -0.15) is 0 Å². The molecule has 0 fully saturated rings. The van der Waals surface area contributed by atoms with E-state index in [0.717, 1.165) is 23.7 Å². The lowest BCUT2D eigenvalue weighted by atomic mass is 10.3. The second kappa shape index (κ2) is 6.30. The van der Waals surface area contributed by atoms with Gasteiger partial charge in [-0.3, -0.25) is 4.79 Å². The van der Waals surface area contributed by atoms with Crippen molar-refractivity contribution in [3.05, 3.63) is 34.8 Å². The minimum absolute atomic E-state index is 0.0333. The summed E-state index contributed by atoms with van der Waals surface area (Å²) in [5.41, 5.74) is 0.851. The second-order valence-electron chi connectivity index (χ2n) is 4.04. The van der Waals surface area contributed by atoms with E-state index in [1.807, 2.05) is 23.1 Å². The normalized spacial score (nSPS) is 10.5. The molecule has 2 rings (SSSR count). The smallest absolute Gasteiger partial charge is 0.226 e. The van der Waals surface area contributed by atoms with Gasteiger partial charge in [0.1, 0.15) is 0 Å². The van der Waals surface area contributed by atoms with E-state index in [1.54, 1.807) is 23.9 Å². The van der Waals surface area contributed by atoms with Gasteiger partial charge in [-0.05, 0) is 13.3 Å². The SMILES string of the molecule is Cc1nc(CC(=O)NCCCn2ccnc2)cs1. The predicted octanol–water partition coefficient (Wildman–Crippen LogP) is 1.40. The molecule has 0 saturated heterocycles. The molecule has 1 amide bonds. The molecule has 0 unspecified atom stereocenters. The summed E-state index contributed by atoms with van der Waals surface area (Å²) in [7, 11) is 0. The van der Waals surface area contributed by atoms with E-state index in [0.29, 0.717) is 13.0 Å². The van der Waals surface area contributed by atoms with Crippen molar-refractivity contribution in [3.8, 4) is 0 Å². The van der Waals surface area contributed by atoms with Crippen molar-refractivity contribution in [3.63, 3.8) is 0 Å². The van der Waals surface area contributed by atoms with Crippen LogP contribution < -0.4 is 5.32 Å². The van der Waals surface area contributed by atoms with E-state index in [2.05, 4.69) is 15.3 Å². The lowest BCUT2D eigenvalue weighted by Gasteiger charge is -2.04. The number of aryl methyl sites for hydroxylation is 2. The number of rotatable bonds is 6. The van der Waals surface area contributed by atoms with Crippen molar-refractivity contribution >= 4 is 17.2 Å². The van der Waals surface area contributed by atoms with Crippen LogP contribution in [0, 0.1) is 6.92 Å². The molecular formula is C12H16N4OS. The number of carbonyl (C=O) groups is 1. The highest BCUT2D eigenvalue weighted by Crippen LogP contribution is 2.08. The van der Waals surface area contributed by atoms with Crippen molar-refractivity contribution in [1.82, 2.24) is 19.9 Å². The molecule has 0 aliphatic heterocycles. The molecule has 0 radical (unpaired) electrons. The average Bonchev–Trinajstić information content (AvgIpc) is 2.96. The van der Waals surface area contributed by atoms with Crippen molar-refractivity contribution < 1.29 is 4.79 Å². The van der Waals surface area contributed by atoms with Gasteiger partial charge in [0.15, 0.2) is 0 Å². The predicted molar refractivity (Wildman–Crippen MR) is 70.4 cm³/mol.